The van der Waals surface area contributed by atoms with Gasteiger partial charge in [-0.1, -0.05) is 48.5 Å². The molecule has 0 radical (unpaired) electrons. The average molecular weight is 270 g/mol. The summed E-state index contributed by atoms with van der Waals surface area (Å²) in [6.45, 7) is -0.139. The van der Waals surface area contributed by atoms with Crippen molar-refractivity contribution in [3.05, 3.63) is 65.7 Å². The molecule has 2 rings (SSSR count). The molecule has 4 nitrogen and oxygen atoms in total. The van der Waals surface area contributed by atoms with Crippen LogP contribution in [0.5, 0.6) is 0 Å². The number of rotatable bonds is 5. The van der Waals surface area contributed by atoms with E-state index in [1.807, 2.05) is 48.5 Å². The van der Waals surface area contributed by atoms with Gasteiger partial charge in [0.2, 0.25) is 5.91 Å². The van der Waals surface area contributed by atoms with Gasteiger partial charge >= 0.3 is 0 Å². The third-order valence-electron chi connectivity index (χ3n) is 3.13. The van der Waals surface area contributed by atoms with E-state index in [-0.39, 0.29) is 18.9 Å². The predicted molar refractivity (Wildman–Crippen MR) is 79.0 cm³/mol. The van der Waals surface area contributed by atoms with E-state index in [1.165, 1.54) is 0 Å². The molecule has 0 heterocycles. The normalized spacial score (nSPS) is 11.8. The van der Waals surface area contributed by atoms with Gasteiger partial charge in [-0.2, -0.15) is 0 Å². The molecule has 0 aliphatic rings. The first kappa shape index (κ1) is 14.1. The van der Waals surface area contributed by atoms with Gasteiger partial charge in [0.15, 0.2) is 0 Å². The van der Waals surface area contributed by atoms with Crippen LogP contribution in [0.15, 0.2) is 54.6 Å². The minimum absolute atomic E-state index is 0.139. The highest BCUT2D eigenvalue weighted by Gasteiger charge is 2.14. The van der Waals surface area contributed by atoms with E-state index in [4.69, 9.17) is 5.73 Å². The van der Waals surface area contributed by atoms with Crippen molar-refractivity contribution < 1.29 is 9.90 Å². The number of benzene rings is 2. The topological polar surface area (TPSA) is 75.4 Å². The molecular weight excluding hydrogens is 252 g/mol. The van der Waals surface area contributed by atoms with Crippen LogP contribution in [0, 0.1) is 0 Å². The molecule has 0 saturated carbocycles. The Morgan fingerprint density at radius 2 is 1.75 bits per heavy atom. The lowest BCUT2D eigenvalue weighted by atomic mass is 10.1. The molecule has 104 valence electrons. The number of nitrogen functional groups attached to an aromatic ring is 1. The standard InChI is InChI=1S/C16H18N2O2/c17-14-9-5-4-8-13(14)10-16(20)18-15(11-19)12-6-2-1-3-7-12/h1-9,15,19H,10-11,17H2,(H,18,20)/t15-/m0/s1. The summed E-state index contributed by atoms with van der Waals surface area (Å²) in [5.74, 6) is -0.161. The molecule has 4 heteroatoms. The quantitative estimate of drug-likeness (QED) is 0.723. The van der Waals surface area contributed by atoms with Crippen molar-refractivity contribution in [2.45, 2.75) is 12.5 Å². The third-order valence-corrected chi connectivity index (χ3v) is 3.13. The van der Waals surface area contributed by atoms with Gasteiger partial charge in [0, 0.05) is 5.69 Å². The van der Waals surface area contributed by atoms with Crippen LogP contribution in [0.2, 0.25) is 0 Å². The van der Waals surface area contributed by atoms with Crippen LogP contribution in [-0.2, 0) is 11.2 Å². The van der Waals surface area contributed by atoms with Gasteiger partial charge in [0.25, 0.3) is 0 Å². The highest BCUT2D eigenvalue weighted by Crippen LogP contribution is 2.14. The van der Waals surface area contributed by atoms with Crippen LogP contribution in [0.25, 0.3) is 0 Å². The summed E-state index contributed by atoms with van der Waals surface area (Å²) in [5.41, 5.74) is 8.08. The molecule has 0 aromatic heterocycles. The average Bonchev–Trinajstić information content (AvgIpc) is 2.48. The molecule has 2 aromatic rings. The van der Waals surface area contributed by atoms with E-state index in [0.29, 0.717) is 5.69 Å². The molecule has 0 spiro atoms. The number of carbonyl (C=O) groups excluding carboxylic acids is 1. The van der Waals surface area contributed by atoms with Gasteiger partial charge in [0.1, 0.15) is 0 Å². The number of aliphatic hydroxyl groups excluding tert-OH is 1. The lowest BCUT2D eigenvalue weighted by molar-refractivity contribution is -0.121. The van der Waals surface area contributed by atoms with Gasteiger partial charge in [-0.3, -0.25) is 4.79 Å². The van der Waals surface area contributed by atoms with Crippen molar-refractivity contribution in [2.24, 2.45) is 0 Å². The van der Waals surface area contributed by atoms with E-state index in [1.54, 1.807) is 6.07 Å². The van der Waals surface area contributed by atoms with Crippen molar-refractivity contribution in [3.63, 3.8) is 0 Å². The fourth-order valence-electron chi connectivity index (χ4n) is 2.03. The maximum Gasteiger partial charge on any atom is 0.225 e. The molecule has 4 N–H and O–H groups in total. The van der Waals surface area contributed by atoms with Crippen LogP contribution in [0.3, 0.4) is 0 Å². The van der Waals surface area contributed by atoms with E-state index < -0.39 is 6.04 Å². The zero-order chi connectivity index (χ0) is 14.4. The molecule has 1 atom stereocenters. The zero-order valence-electron chi connectivity index (χ0n) is 11.1. The Bertz CT molecular complexity index is 570. The van der Waals surface area contributed by atoms with Gasteiger partial charge in [-0.25, -0.2) is 0 Å². The lowest BCUT2D eigenvalue weighted by Gasteiger charge is -2.17. The highest BCUT2D eigenvalue weighted by molar-refractivity contribution is 5.80. The van der Waals surface area contributed by atoms with Crippen molar-refractivity contribution in [1.82, 2.24) is 5.32 Å². The number of hydrogen-bond donors (Lipinski definition) is 3. The Morgan fingerprint density at radius 1 is 1.10 bits per heavy atom. The monoisotopic (exact) mass is 270 g/mol. The minimum atomic E-state index is -0.395. The largest absolute Gasteiger partial charge is 0.398 e. The van der Waals surface area contributed by atoms with Crippen LogP contribution < -0.4 is 11.1 Å². The predicted octanol–water partition coefficient (Wildman–Crippen LogP) is 1.66. The number of aliphatic hydroxyl groups is 1. The summed E-state index contributed by atoms with van der Waals surface area (Å²) in [6, 6.07) is 16.3. The summed E-state index contributed by atoms with van der Waals surface area (Å²) in [7, 11) is 0. The Morgan fingerprint density at radius 3 is 2.40 bits per heavy atom. The van der Waals surface area contributed by atoms with Gasteiger partial charge < -0.3 is 16.2 Å². The van der Waals surface area contributed by atoms with Crippen molar-refractivity contribution in [2.75, 3.05) is 12.3 Å². The number of para-hydroxylation sites is 1. The zero-order valence-corrected chi connectivity index (χ0v) is 11.1. The second-order valence-electron chi connectivity index (χ2n) is 4.59. The third kappa shape index (κ3) is 3.59. The Kier molecular flexibility index (Phi) is 4.74. The van der Waals surface area contributed by atoms with E-state index in [9.17, 15) is 9.90 Å². The highest BCUT2D eigenvalue weighted by atomic mass is 16.3. The summed E-state index contributed by atoms with van der Waals surface area (Å²) >= 11 is 0. The van der Waals surface area contributed by atoms with Gasteiger partial charge in [-0.05, 0) is 17.2 Å². The first-order valence-corrected chi connectivity index (χ1v) is 6.49. The molecule has 0 aliphatic carbocycles. The second-order valence-corrected chi connectivity index (χ2v) is 4.59. The van der Waals surface area contributed by atoms with Crippen LogP contribution >= 0.6 is 0 Å². The summed E-state index contributed by atoms with van der Waals surface area (Å²) in [5, 5.41) is 12.2. The number of hydrogen-bond acceptors (Lipinski definition) is 3. The fourth-order valence-corrected chi connectivity index (χ4v) is 2.03. The molecule has 20 heavy (non-hydrogen) atoms. The van der Waals surface area contributed by atoms with E-state index in [2.05, 4.69) is 5.32 Å². The Hall–Kier alpha value is -2.33. The van der Waals surface area contributed by atoms with E-state index in [0.717, 1.165) is 11.1 Å². The summed E-state index contributed by atoms with van der Waals surface area (Å²) in [4.78, 5) is 12.0. The van der Waals surface area contributed by atoms with Crippen LogP contribution in [0.1, 0.15) is 17.2 Å². The Balaban J connectivity index is 2.02. The minimum Gasteiger partial charge on any atom is -0.398 e. The maximum absolute atomic E-state index is 12.0. The van der Waals surface area contributed by atoms with Gasteiger partial charge in [-0.15, -0.1) is 0 Å². The first-order chi connectivity index (χ1) is 9.70. The lowest BCUT2D eigenvalue weighted by Crippen LogP contribution is -2.32. The van der Waals surface area contributed by atoms with Crippen LogP contribution in [0.4, 0.5) is 5.69 Å². The van der Waals surface area contributed by atoms with Gasteiger partial charge in [0.05, 0.1) is 19.1 Å². The molecule has 0 bridgehead atoms. The number of nitrogens with two attached hydrogens (primary N) is 1. The number of carbonyl (C=O) groups is 1. The maximum atomic E-state index is 12.0. The summed E-state index contributed by atoms with van der Waals surface area (Å²) < 4.78 is 0. The molecule has 1 amide bonds. The molecular formula is C16H18N2O2. The van der Waals surface area contributed by atoms with Crippen molar-refractivity contribution in [3.8, 4) is 0 Å². The molecule has 0 fully saturated rings. The SMILES string of the molecule is Nc1ccccc1CC(=O)N[C@@H](CO)c1ccccc1. The van der Waals surface area contributed by atoms with Crippen molar-refractivity contribution in [1.29, 1.82) is 0 Å². The van der Waals surface area contributed by atoms with E-state index >= 15 is 0 Å². The number of nitrogens with one attached hydrogen (secondary N) is 1. The molecule has 0 aliphatic heterocycles. The Labute approximate surface area is 118 Å². The first-order valence-electron chi connectivity index (χ1n) is 6.49. The smallest absolute Gasteiger partial charge is 0.225 e. The van der Waals surface area contributed by atoms with Crippen LogP contribution in [-0.4, -0.2) is 17.6 Å². The van der Waals surface area contributed by atoms with Crippen molar-refractivity contribution >= 4 is 11.6 Å². The number of anilines is 1. The fraction of sp³-hybridized carbons (Fsp3) is 0.188. The number of amides is 1. The molecule has 0 saturated heterocycles. The second kappa shape index (κ2) is 6.73. The summed E-state index contributed by atoms with van der Waals surface area (Å²) in [6.07, 6.45) is 0.204. The molecule has 2 aromatic carbocycles. The molecule has 0 unspecified atom stereocenters.